The first-order valence-electron chi connectivity index (χ1n) is 4.92. The van der Waals surface area contributed by atoms with Gasteiger partial charge in [0.25, 0.3) is 0 Å². The zero-order valence-electron chi connectivity index (χ0n) is 8.81. The maximum absolute atomic E-state index is 13.5. The molecule has 1 aliphatic heterocycles. The third-order valence-corrected chi connectivity index (χ3v) is 3.50. The van der Waals surface area contributed by atoms with Crippen molar-refractivity contribution in [3.8, 4) is 0 Å². The maximum Gasteiger partial charge on any atom is 0.335 e. The molecule has 0 saturated carbocycles. The van der Waals surface area contributed by atoms with Crippen LogP contribution in [0, 0.1) is 0 Å². The van der Waals surface area contributed by atoms with Crippen LogP contribution in [0.4, 0.5) is 4.39 Å². The third kappa shape index (κ3) is 2.36. The number of hydrogen-bond donors (Lipinski definition) is 1. The van der Waals surface area contributed by atoms with Crippen molar-refractivity contribution in [2.24, 2.45) is 0 Å². The van der Waals surface area contributed by atoms with Gasteiger partial charge in [-0.1, -0.05) is 17.8 Å². The first-order valence-corrected chi connectivity index (χ1v) is 5.79. The molecule has 0 spiro atoms. The number of carbonyl (C=O) groups is 1. The Labute approximate surface area is 97.3 Å². The van der Waals surface area contributed by atoms with E-state index in [-0.39, 0.29) is 5.56 Å². The Bertz CT molecular complexity index is 424. The highest BCUT2D eigenvalue weighted by Gasteiger charge is 2.20. The molecule has 2 rings (SSSR count). The number of halogens is 1. The van der Waals surface area contributed by atoms with Gasteiger partial charge in [0.15, 0.2) is 5.50 Å². The lowest BCUT2D eigenvalue weighted by atomic mass is 10.1. The second-order valence-electron chi connectivity index (χ2n) is 3.85. The third-order valence-electron chi connectivity index (χ3n) is 2.46. The minimum Gasteiger partial charge on any atom is -0.478 e. The second kappa shape index (κ2) is 4.43. The summed E-state index contributed by atoms with van der Waals surface area (Å²) < 4.78 is 13.5. The van der Waals surface area contributed by atoms with Gasteiger partial charge in [-0.3, -0.25) is 4.90 Å². The molecule has 3 nitrogen and oxygen atoms in total. The Kier molecular flexibility index (Phi) is 3.16. The van der Waals surface area contributed by atoms with E-state index >= 15 is 0 Å². The molecule has 1 N–H and O–H groups in total. The van der Waals surface area contributed by atoms with E-state index in [0.29, 0.717) is 13.1 Å². The molecule has 0 bridgehead atoms. The topological polar surface area (TPSA) is 40.5 Å². The average Bonchev–Trinajstić information content (AvgIpc) is 2.32. The van der Waals surface area contributed by atoms with Crippen LogP contribution in [-0.2, 0) is 6.54 Å². The summed E-state index contributed by atoms with van der Waals surface area (Å²) in [5.41, 5.74) is 0.191. The summed E-state index contributed by atoms with van der Waals surface area (Å²) in [6.07, 6.45) is 0. The molecular formula is C11H12FNO2S. The number of fused-ring (bicyclic) bond motifs is 1. The molecule has 1 aromatic carbocycles. The van der Waals surface area contributed by atoms with E-state index in [0.717, 1.165) is 22.2 Å². The van der Waals surface area contributed by atoms with Crippen molar-refractivity contribution in [2.75, 3.05) is 13.6 Å². The number of thioether (sulfide) groups is 1. The summed E-state index contributed by atoms with van der Waals surface area (Å²) in [4.78, 5) is 13.4. The van der Waals surface area contributed by atoms with Crippen molar-refractivity contribution >= 4 is 17.7 Å². The van der Waals surface area contributed by atoms with Crippen LogP contribution in [0.15, 0.2) is 23.1 Å². The van der Waals surface area contributed by atoms with Crippen LogP contribution in [0.5, 0.6) is 0 Å². The van der Waals surface area contributed by atoms with Crippen molar-refractivity contribution in [3.63, 3.8) is 0 Å². The van der Waals surface area contributed by atoms with Crippen molar-refractivity contribution in [3.05, 3.63) is 29.3 Å². The summed E-state index contributed by atoms with van der Waals surface area (Å²) in [5, 5.41) is 8.86. The SMILES string of the molecule is CN1Cc2ccc(C(=O)O)cc2S[C@H](F)C1. The van der Waals surface area contributed by atoms with Gasteiger partial charge in [-0.2, -0.15) is 0 Å². The van der Waals surface area contributed by atoms with E-state index < -0.39 is 11.5 Å². The second-order valence-corrected chi connectivity index (χ2v) is 5.04. The highest BCUT2D eigenvalue weighted by atomic mass is 32.2. The Morgan fingerprint density at radius 2 is 2.38 bits per heavy atom. The van der Waals surface area contributed by atoms with Crippen LogP contribution >= 0.6 is 11.8 Å². The van der Waals surface area contributed by atoms with E-state index in [1.807, 2.05) is 11.9 Å². The minimum atomic E-state index is -1.00. The van der Waals surface area contributed by atoms with Crippen LogP contribution in [0.3, 0.4) is 0 Å². The maximum atomic E-state index is 13.5. The summed E-state index contributed by atoms with van der Waals surface area (Å²) in [5.74, 6) is -0.976. The monoisotopic (exact) mass is 241 g/mol. The number of aromatic carboxylic acids is 1. The van der Waals surface area contributed by atoms with Gasteiger partial charge in [0.05, 0.1) is 5.56 Å². The van der Waals surface area contributed by atoms with E-state index in [9.17, 15) is 9.18 Å². The molecule has 1 aromatic rings. The summed E-state index contributed by atoms with van der Waals surface area (Å²) in [6.45, 7) is 1.02. The fourth-order valence-corrected chi connectivity index (χ4v) is 2.79. The lowest BCUT2D eigenvalue weighted by Crippen LogP contribution is -2.22. The summed E-state index contributed by atoms with van der Waals surface area (Å²) in [6, 6.07) is 4.88. The first kappa shape index (κ1) is 11.4. The standard InChI is InChI=1S/C11H12FNO2S/c1-13-5-8-3-2-7(11(14)15)4-9(8)16-10(12)6-13/h2-4,10H,5-6H2,1H3,(H,14,15)/t10-/m0/s1. The molecule has 0 saturated heterocycles. The lowest BCUT2D eigenvalue weighted by molar-refractivity contribution is 0.0696. The summed E-state index contributed by atoms with van der Waals surface area (Å²) in [7, 11) is 1.85. The molecule has 0 aliphatic carbocycles. The summed E-state index contributed by atoms with van der Waals surface area (Å²) >= 11 is 1.10. The van der Waals surface area contributed by atoms with Crippen molar-refractivity contribution < 1.29 is 14.3 Å². The molecule has 0 unspecified atom stereocenters. The van der Waals surface area contributed by atoms with Gasteiger partial charge in [-0.15, -0.1) is 0 Å². The fourth-order valence-electron chi connectivity index (χ4n) is 1.70. The molecule has 0 amide bonds. The number of hydrogen-bond acceptors (Lipinski definition) is 3. The number of carboxylic acids is 1. The van der Waals surface area contributed by atoms with Gasteiger partial charge >= 0.3 is 5.97 Å². The zero-order chi connectivity index (χ0) is 11.7. The van der Waals surface area contributed by atoms with Crippen molar-refractivity contribution in [1.82, 2.24) is 4.90 Å². The largest absolute Gasteiger partial charge is 0.478 e. The van der Waals surface area contributed by atoms with Crippen LogP contribution in [-0.4, -0.2) is 35.1 Å². The molecule has 0 radical (unpaired) electrons. The van der Waals surface area contributed by atoms with Gasteiger partial charge in [0.1, 0.15) is 0 Å². The molecule has 0 aromatic heterocycles. The van der Waals surface area contributed by atoms with Gasteiger partial charge < -0.3 is 5.11 Å². The first-order chi connectivity index (χ1) is 7.56. The Morgan fingerprint density at radius 3 is 3.06 bits per heavy atom. The number of carboxylic acid groups (broad SMARTS) is 1. The quantitative estimate of drug-likeness (QED) is 0.818. The van der Waals surface area contributed by atoms with Gasteiger partial charge in [-0.05, 0) is 24.7 Å². The van der Waals surface area contributed by atoms with E-state index in [1.54, 1.807) is 18.2 Å². The van der Waals surface area contributed by atoms with Gasteiger partial charge in [-0.25, -0.2) is 9.18 Å². The van der Waals surface area contributed by atoms with Crippen LogP contribution in [0.1, 0.15) is 15.9 Å². The Morgan fingerprint density at radius 1 is 1.62 bits per heavy atom. The number of rotatable bonds is 1. The normalized spacial score (nSPS) is 21.2. The zero-order valence-corrected chi connectivity index (χ0v) is 9.63. The molecule has 1 aliphatic rings. The molecule has 0 fully saturated rings. The lowest BCUT2D eigenvalue weighted by Gasteiger charge is -2.13. The predicted molar refractivity (Wildman–Crippen MR) is 60.5 cm³/mol. The smallest absolute Gasteiger partial charge is 0.335 e. The van der Waals surface area contributed by atoms with Gasteiger partial charge in [0, 0.05) is 18.0 Å². The van der Waals surface area contributed by atoms with Crippen molar-refractivity contribution in [2.45, 2.75) is 16.9 Å². The van der Waals surface area contributed by atoms with Gasteiger partial charge in [0.2, 0.25) is 0 Å². The average molecular weight is 241 g/mol. The molecule has 86 valence electrons. The molecule has 1 heterocycles. The van der Waals surface area contributed by atoms with Crippen molar-refractivity contribution in [1.29, 1.82) is 0 Å². The van der Waals surface area contributed by atoms with E-state index in [4.69, 9.17) is 5.11 Å². The number of nitrogens with zero attached hydrogens (tertiary/aromatic N) is 1. The Balaban J connectivity index is 2.38. The fraction of sp³-hybridized carbons (Fsp3) is 0.364. The highest BCUT2D eigenvalue weighted by molar-refractivity contribution is 7.99. The number of alkyl halides is 1. The van der Waals surface area contributed by atoms with E-state index in [1.165, 1.54) is 0 Å². The van der Waals surface area contributed by atoms with Crippen LogP contribution < -0.4 is 0 Å². The van der Waals surface area contributed by atoms with Crippen LogP contribution in [0.2, 0.25) is 0 Å². The minimum absolute atomic E-state index is 0.211. The molecule has 16 heavy (non-hydrogen) atoms. The Hall–Kier alpha value is -1.07. The number of benzene rings is 1. The molecular weight excluding hydrogens is 229 g/mol. The molecule has 5 heteroatoms. The van der Waals surface area contributed by atoms with Crippen LogP contribution in [0.25, 0.3) is 0 Å². The molecule has 1 atom stereocenters. The van der Waals surface area contributed by atoms with E-state index in [2.05, 4.69) is 0 Å². The highest BCUT2D eigenvalue weighted by Crippen LogP contribution is 2.32. The predicted octanol–water partition coefficient (Wildman–Crippen LogP) is 2.22.